The summed E-state index contributed by atoms with van der Waals surface area (Å²) in [4.78, 5) is 15.8. The molecule has 96 valence electrons. The van der Waals surface area contributed by atoms with Gasteiger partial charge in [-0.1, -0.05) is 13.8 Å². The minimum atomic E-state index is -0.292. The zero-order chi connectivity index (χ0) is 12.9. The molecule has 0 unspecified atom stereocenters. The van der Waals surface area contributed by atoms with Gasteiger partial charge in [0, 0.05) is 30.5 Å². The molecule has 1 amide bonds. The predicted molar refractivity (Wildman–Crippen MR) is 67.6 cm³/mol. The molecule has 0 aliphatic rings. The maximum absolute atomic E-state index is 11.6. The van der Waals surface area contributed by atoms with Gasteiger partial charge in [-0.25, -0.2) is 4.98 Å². The van der Waals surface area contributed by atoms with Crippen molar-refractivity contribution < 1.29 is 9.90 Å². The number of nitrogens with two attached hydrogens (primary N) is 1. The minimum Gasteiger partial charge on any atom is -0.396 e. The zero-order valence-electron chi connectivity index (χ0n) is 10.2. The summed E-state index contributed by atoms with van der Waals surface area (Å²) >= 11 is 1.46. The maximum Gasteiger partial charge on any atom is 0.226 e. The van der Waals surface area contributed by atoms with Crippen molar-refractivity contribution in [2.75, 3.05) is 13.2 Å². The van der Waals surface area contributed by atoms with Crippen LogP contribution in [0.25, 0.3) is 0 Å². The maximum atomic E-state index is 11.6. The molecule has 0 saturated heterocycles. The first kappa shape index (κ1) is 14.1. The summed E-state index contributed by atoms with van der Waals surface area (Å²) in [5.41, 5.74) is 5.90. The van der Waals surface area contributed by atoms with E-state index in [4.69, 9.17) is 10.8 Å². The van der Waals surface area contributed by atoms with E-state index in [1.165, 1.54) is 11.3 Å². The van der Waals surface area contributed by atoms with Gasteiger partial charge in [0.25, 0.3) is 0 Å². The van der Waals surface area contributed by atoms with E-state index in [0.717, 1.165) is 10.7 Å². The summed E-state index contributed by atoms with van der Waals surface area (Å²) in [6.45, 7) is 4.69. The van der Waals surface area contributed by atoms with Crippen molar-refractivity contribution in [3.05, 3.63) is 16.1 Å². The van der Waals surface area contributed by atoms with Crippen LogP contribution >= 0.6 is 11.3 Å². The molecule has 5 nitrogen and oxygen atoms in total. The van der Waals surface area contributed by atoms with Gasteiger partial charge >= 0.3 is 0 Å². The van der Waals surface area contributed by atoms with Gasteiger partial charge in [-0.3, -0.25) is 4.79 Å². The van der Waals surface area contributed by atoms with Gasteiger partial charge in [0.1, 0.15) is 5.01 Å². The highest BCUT2D eigenvalue weighted by atomic mass is 32.1. The first-order valence-corrected chi connectivity index (χ1v) is 6.36. The zero-order valence-corrected chi connectivity index (χ0v) is 11.0. The summed E-state index contributed by atoms with van der Waals surface area (Å²) < 4.78 is 0. The smallest absolute Gasteiger partial charge is 0.226 e. The van der Waals surface area contributed by atoms with Gasteiger partial charge in [-0.05, 0) is 0 Å². The number of aliphatic hydroxyl groups is 1. The number of amides is 1. The van der Waals surface area contributed by atoms with Crippen LogP contribution in [-0.2, 0) is 17.8 Å². The molecular formula is C11H19N3O2S. The second-order valence-corrected chi connectivity index (χ2v) is 5.66. The predicted octanol–water partition coefficient (Wildman–Crippen LogP) is 0.279. The fourth-order valence-corrected chi connectivity index (χ4v) is 1.82. The lowest BCUT2D eigenvalue weighted by molar-refractivity contribution is -0.121. The van der Waals surface area contributed by atoms with E-state index in [1.54, 1.807) is 0 Å². The van der Waals surface area contributed by atoms with E-state index < -0.39 is 0 Å². The highest BCUT2D eigenvalue weighted by Gasteiger charge is 2.17. The monoisotopic (exact) mass is 257 g/mol. The van der Waals surface area contributed by atoms with Crippen LogP contribution in [0, 0.1) is 5.41 Å². The number of nitrogens with zero attached hydrogens (tertiary/aromatic N) is 1. The molecule has 4 N–H and O–H groups in total. The van der Waals surface area contributed by atoms with Crippen molar-refractivity contribution in [2.45, 2.75) is 26.8 Å². The van der Waals surface area contributed by atoms with Crippen molar-refractivity contribution in [1.29, 1.82) is 0 Å². The average molecular weight is 257 g/mol. The van der Waals surface area contributed by atoms with E-state index in [9.17, 15) is 4.79 Å². The third kappa shape index (κ3) is 4.80. The first-order chi connectivity index (χ1) is 7.96. The van der Waals surface area contributed by atoms with Crippen molar-refractivity contribution in [3.8, 4) is 0 Å². The first-order valence-electron chi connectivity index (χ1n) is 5.48. The number of aliphatic hydroxyl groups excluding tert-OH is 1. The SMILES string of the molecule is CC(C)(CO)CNC(=O)Cc1csc(CN)n1. The van der Waals surface area contributed by atoms with Crippen LogP contribution in [0.3, 0.4) is 0 Å². The number of rotatable bonds is 6. The van der Waals surface area contributed by atoms with Gasteiger partial charge in [0.15, 0.2) is 0 Å². The van der Waals surface area contributed by atoms with Crippen molar-refractivity contribution in [2.24, 2.45) is 11.1 Å². The number of aromatic nitrogens is 1. The van der Waals surface area contributed by atoms with E-state index in [2.05, 4.69) is 10.3 Å². The Labute approximate surface area is 105 Å². The van der Waals surface area contributed by atoms with Crippen molar-refractivity contribution in [1.82, 2.24) is 10.3 Å². The largest absolute Gasteiger partial charge is 0.396 e. The van der Waals surface area contributed by atoms with E-state index in [1.807, 2.05) is 19.2 Å². The minimum absolute atomic E-state index is 0.0430. The highest BCUT2D eigenvalue weighted by molar-refractivity contribution is 7.09. The standard InChI is InChI=1S/C11H19N3O2S/c1-11(2,7-15)6-13-9(16)3-8-5-17-10(4-12)14-8/h5,15H,3-4,6-7,12H2,1-2H3,(H,13,16). The summed E-state index contributed by atoms with van der Waals surface area (Å²) in [6.07, 6.45) is 0.262. The number of thiazole rings is 1. The molecule has 0 spiro atoms. The summed E-state index contributed by atoms with van der Waals surface area (Å²) in [5, 5.41) is 14.5. The highest BCUT2D eigenvalue weighted by Crippen LogP contribution is 2.12. The number of carbonyl (C=O) groups excluding carboxylic acids is 1. The molecule has 17 heavy (non-hydrogen) atoms. The summed E-state index contributed by atoms with van der Waals surface area (Å²) in [7, 11) is 0. The lowest BCUT2D eigenvalue weighted by atomic mass is 9.95. The fourth-order valence-electron chi connectivity index (χ4n) is 1.14. The van der Waals surface area contributed by atoms with Crippen LogP contribution in [0.1, 0.15) is 24.5 Å². The molecule has 1 rings (SSSR count). The third-order valence-electron chi connectivity index (χ3n) is 2.31. The molecule has 0 aromatic carbocycles. The Morgan fingerprint density at radius 2 is 2.35 bits per heavy atom. The van der Waals surface area contributed by atoms with Crippen LogP contribution in [0.4, 0.5) is 0 Å². The van der Waals surface area contributed by atoms with E-state index in [-0.39, 0.29) is 24.3 Å². The van der Waals surface area contributed by atoms with Crippen LogP contribution in [0.15, 0.2) is 5.38 Å². The van der Waals surface area contributed by atoms with Crippen molar-refractivity contribution in [3.63, 3.8) is 0 Å². The molecule has 0 aliphatic heterocycles. The molecule has 6 heteroatoms. The molecular weight excluding hydrogens is 238 g/mol. The molecule has 1 aromatic heterocycles. The third-order valence-corrected chi connectivity index (χ3v) is 3.23. The molecule has 0 fully saturated rings. The Morgan fingerprint density at radius 1 is 1.65 bits per heavy atom. The van der Waals surface area contributed by atoms with Crippen LogP contribution in [0.2, 0.25) is 0 Å². The molecule has 0 atom stereocenters. The Morgan fingerprint density at radius 3 is 2.88 bits per heavy atom. The number of hydrogen-bond acceptors (Lipinski definition) is 5. The molecule has 0 aliphatic carbocycles. The molecule has 0 saturated carbocycles. The van der Waals surface area contributed by atoms with Crippen LogP contribution in [0.5, 0.6) is 0 Å². The number of nitrogens with one attached hydrogen (secondary N) is 1. The average Bonchev–Trinajstić information content (AvgIpc) is 2.74. The fraction of sp³-hybridized carbons (Fsp3) is 0.636. The van der Waals surface area contributed by atoms with Crippen molar-refractivity contribution >= 4 is 17.2 Å². The lowest BCUT2D eigenvalue weighted by Crippen LogP contribution is -2.36. The Hall–Kier alpha value is -0.980. The summed E-state index contributed by atoms with van der Waals surface area (Å²) in [5.74, 6) is -0.0830. The Bertz CT molecular complexity index is 377. The Balaban J connectivity index is 2.39. The lowest BCUT2D eigenvalue weighted by Gasteiger charge is -2.21. The van der Waals surface area contributed by atoms with Gasteiger partial charge in [0.05, 0.1) is 12.1 Å². The molecule has 1 heterocycles. The van der Waals surface area contributed by atoms with E-state index >= 15 is 0 Å². The molecule has 0 radical (unpaired) electrons. The second-order valence-electron chi connectivity index (χ2n) is 4.71. The van der Waals surface area contributed by atoms with Gasteiger partial charge in [0.2, 0.25) is 5.91 Å². The summed E-state index contributed by atoms with van der Waals surface area (Å²) in [6, 6.07) is 0. The normalized spacial score (nSPS) is 11.5. The van der Waals surface area contributed by atoms with E-state index in [0.29, 0.717) is 13.1 Å². The van der Waals surface area contributed by atoms with Gasteiger partial charge in [-0.2, -0.15) is 0 Å². The molecule has 0 bridgehead atoms. The van der Waals surface area contributed by atoms with Crippen LogP contribution in [-0.4, -0.2) is 29.1 Å². The second kappa shape index (κ2) is 6.09. The number of carbonyl (C=O) groups is 1. The quantitative estimate of drug-likeness (QED) is 0.683. The van der Waals surface area contributed by atoms with Crippen LogP contribution < -0.4 is 11.1 Å². The molecule has 1 aromatic rings. The number of hydrogen-bond donors (Lipinski definition) is 3. The topological polar surface area (TPSA) is 88.2 Å². The Kier molecular flexibility index (Phi) is 5.04. The van der Waals surface area contributed by atoms with Gasteiger partial charge < -0.3 is 16.2 Å². The van der Waals surface area contributed by atoms with Gasteiger partial charge in [-0.15, -0.1) is 11.3 Å².